The first-order valence-corrected chi connectivity index (χ1v) is 10.0. The van der Waals surface area contributed by atoms with Crippen molar-refractivity contribution < 1.29 is 14.4 Å². The molecule has 152 valence electrons. The third-order valence-corrected chi connectivity index (χ3v) is 5.98. The molecule has 0 radical (unpaired) electrons. The van der Waals surface area contributed by atoms with Crippen molar-refractivity contribution in [2.24, 2.45) is 0 Å². The van der Waals surface area contributed by atoms with Gasteiger partial charge >= 0.3 is 0 Å². The lowest BCUT2D eigenvalue weighted by Crippen LogP contribution is -2.52. The van der Waals surface area contributed by atoms with E-state index in [4.69, 9.17) is 0 Å². The Morgan fingerprint density at radius 3 is 2.60 bits per heavy atom. The number of imide groups is 1. The lowest BCUT2D eigenvalue weighted by Gasteiger charge is -2.29. The summed E-state index contributed by atoms with van der Waals surface area (Å²) in [7, 11) is 2.03. The summed E-state index contributed by atoms with van der Waals surface area (Å²) in [5.74, 6) is -0.821. The molecule has 0 aromatic heterocycles. The normalized spacial score (nSPS) is 23.2. The van der Waals surface area contributed by atoms with Crippen LogP contribution in [0.3, 0.4) is 0 Å². The van der Waals surface area contributed by atoms with Crippen molar-refractivity contribution in [3.05, 3.63) is 77.0 Å². The highest BCUT2D eigenvalue weighted by Gasteiger charge is 2.39. The number of nitrogens with zero attached hydrogens (tertiary/aromatic N) is 2. The Morgan fingerprint density at radius 1 is 1.03 bits per heavy atom. The number of rotatable bonds is 3. The number of carbonyl (C=O) groups excluding carboxylic acids is 3. The lowest BCUT2D eigenvalue weighted by atomic mass is 10.0. The summed E-state index contributed by atoms with van der Waals surface area (Å²) in [6.07, 6.45) is 2.74. The maximum Gasteiger partial charge on any atom is 0.255 e. The predicted molar refractivity (Wildman–Crippen MR) is 111 cm³/mol. The van der Waals surface area contributed by atoms with Crippen LogP contribution in [0.5, 0.6) is 0 Å². The fourth-order valence-electron chi connectivity index (χ4n) is 4.42. The van der Waals surface area contributed by atoms with Gasteiger partial charge in [0.2, 0.25) is 11.8 Å². The van der Waals surface area contributed by atoms with Gasteiger partial charge in [0.15, 0.2) is 0 Å². The first-order valence-electron chi connectivity index (χ1n) is 10.0. The average Bonchev–Trinajstić information content (AvgIpc) is 3.29. The van der Waals surface area contributed by atoms with Crippen molar-refractivity contribution in [2.75, 3.05) is 7.05 Å². The summed E-state index contributed by atoms with van der Waals surface area (Å²) in [6, 6.07) is 15.4. The topological polar surface area (TPSA) is 81.8 Å². The number of nitrogens with one attached hydrogen (secondary N) is 2. The summed E-state index contributed by atoms with van der Waals surface area (Å²) in [5.41, 5.74) is 4.68. The Balaban J connectivity index is 1.37. The number of amides is 3. The van der Waals surface area contributed by atoms with Crippen molar-refractivity contribution in [3.63, 3.8) is 0 Å². The maximum absolute atomic E-state index is 12.9. The van der Waals surface area contributed by atoms with Gasteiger partial charge in [0.1, 0.15) is 12.2 Å². The average molecular weight is 402 g/mol. The molecule has 30 heavy (non-hydrogen) atoms. The molecule has 7 heteroatoms. The van der Waals surface area contributed by atoms with Gasteiger partial charge < -0.3 is 15.1 Å². The molecule has 2 N–H and O–H groups in total. The standard InChI is InChI=1S/C23H22N4O3/c1-26-13-18(24-21(26)14-5-3-2-4-6-14)15-7-8-17-16(11-15)12-27(23(17)30)19-9-10-20(28)25-22(19)29/h2-8,11,13,19,21,24H,9-10,12H2,1H3,(H,25,28,29). The Kier molecular flexibility index (Phi) is 4.31. The van der Waals surface area contributed by atoms with Gasteiger partial charge in [-0.3, -0.25) is 19.7 Å². The summed E-state index contributed by atoms with van der Waals surface area (Å²) in [6.45, 7) is 0.375. The van der Waals surface area contributed by atoms with Crippen molar-refractivity contribution in [1.82, 2.24) is 20.4 Å². The first kappa shape index (κ1) is 18.4. The second kappa shape index (κ2) is 7.02. The highest BCUT2D eigenvalue weighted by atomic mass is 16.2. The fourth-order valence-corrected chi connectivity index (χ4v) is 4.42. The van der Waals surface area contributed by atoms with Crippen LogP contribution in [-0.4, -0.2) is 40.6 Å². The largest absolute Gasteiger partial charge is 0.360 e. The smallest absolute Gasteiger partial charge is 0.255 e. The molecule has 0 aliphatic carbocycles. The molecule has 0 spiro atoms. The van der Waals surface area contributed by atoms with Gasteiger partial charge in [-0.25, -0.2) is 0 Å². The Hall–Kier alpha value is -3.61. The second-order valence-corrected chi connectivity index (χ2v) is 7.94. The first-order chi connectivity index (χ1) is 14.5. The summed E-state index contributed by atoms with van der Waals surface area (Å²) in [5, 5.41) is 5.89. The molecular formula is C23H22N4O3. The Bertz CT molecular complexity index is 1080. The molecule has 0 bridgehead atoms. The zero-order valence-electron chi connectivity index (χ0n) is 16.6. The molecule has 2 atom stereocenters. The van der Waals surface area contributed by atoms with E-state index < -0.39 is 6.04 Å². The van der Waals surface area contributed by atoms with Gasteiger partial charge in [-0.2, -0.15) is 0 Å². The number of hydrogen-bond acceptors (Lipinski definition) is 5. The Labute approximate surface area is 174 Å². The minimum Gasteiger partial charge on any atom is -0.360 e. The van der Waals surface area contributed by atoms with E-state index in [1.807, 2.05) is 43.4 Å². The molecule has 3 aliphatic heterocycles. The van der Waals surface area contributed by atoms with Crippen LogP contribution in [0.25, 0.3) is 5.70 Å². The van der Waals surface area contributed by atoms with Gasteiger partial charge in [0.25, 0.3) is 5.91 Å². The second-order valence-electron chi connectivity index (χ2n) is 7.94. The van der Waals surface area contributed by atoms with Gasteiger partial charge in [-0.1, -0.05) is 36.4 Å². The van der Waals surface area contributed by atoms with Gasteiger partial charge in [-0.05, 0) is 35.2 Å². The van der Waals surface area contributed by atoms with E-state index in [1.165, 1.54) is 5.56 Å². The van der Waals surface area contributed by atoms with E-state index in [9.17, 15) is 14.4 Å². The summed E-state index contributed by atoms with van der Waals surface area (Å²) in [4.78, 5) is 40.2. The third kappa shape index (κ3) is 3.03. The SMILES string of the molecule is CN1C=C(c2ccc3c(c2)CN(C2CCC(=O)NC2=O)C3=O)NC1c1ccccc1. The van der Waals surface area contributed by atoms with E-state index in [1.54, 1.807) is 4.90 Å². The number of piperidine rings is 1. The molecule has 3 aliphatic rings. The summed E-state index contributed by atoms with van der Waals surface area (Å²) >= 11 is 0. The molecule has 0 saturated carbocycles. The van der Waals surface area contributed by atoms with Gasteiger partial charge in [0, 0.05) is 31.8 Å². The van der Waals surface area contributed by atoms with E-state index in [2.05, 4.69) is 33.9 Å². The number of benzene rings is 2. The highest BCUT2D eigenvalue weighted by Crippen LogP contribution is 2.32. The van der Waals surface area contributed by atoms with Crippen molar-refractivity contribution in [2.45, 2.75) is 31.6 Å². The molecule has 2 aromatic rings. The van der Waals surface area contributed by atoms with Crippen LogP contribution in [0.1, 0.15) is 46.1 Å². The van der Waals surface area contributed by atoms with Crippen molar-refractivity contribution in [3.8, 4) is 0 Å². The van der Waals surface area contributed by atoms with E-state index >= 15 is 0 Å². The molecular weight excluding hydrogens is 380 g/mol. The van der Waals surface area contributed by atoms with Crippen LogP contribution in [0.4, 0.5) is 0 Å². The zero-order chi connectivity index (χ0) is 20.8. The molecule has 3 heterocycles. The van der Waals surface area contributed by atoms with Crippen molar-refractivity contribution >= 4 is 23.4 Å². The molecule has 5 rings (SSSR count). The van der Waals surface area contributed by atoms with E-state index in [0.717, 1.165) is 16.8 Å². The maximum atomic E-state index is 12.9. The quantitative estimate of drug-likeness (QED) is 0.768. The zero-order valence-corrected chi connectivity index (χ0v) is 16.6. The lowest BCUT2D eigenvalue weighted by molar-refractivity contribution is -0.136. The molecule has 7 nitrogen and oxygen atoms in total. The van der Waals surface area contributed by atoms with Crippen LogP contribution in [-0.2, 0) is 16.1 Å². The van der Waals surface area contributed by atoms with Gasteiger partial charge in [0.05, 0.1) is 5.70 Å². The van der Waals surface area contributed by atoms with Crippen LogP contribution in [0.15, 0.2) is 54.7 Å². The highest BCUT2D eigenvalue weighted by molar-refractivity contribution is 6.05. The Morgan fingerprint density at radius 2 is 1.83 bits per heavy atom. The number of carbonyl (C=O) groups is 3. The van der Waals surface area contributed by atoms with E-state index in [-0.39, 0.29) is 30.3 Å². The minimum absolute atomic E-state index is 0.0519. The number of fused-ring (bicyclic) bond motifs is 1. The van der Waals surface area contributed by atoms with Gasteiger partial charge in [-0.15, -0.1) is 0 Å². The molecule has 2 aromatic carbocycles. The van der Waals surface area contributed by atoms with Crippen LogP contribution < -0.4 is 10.6 Å². The monoisotopic (exact) mass is 402 g/mol. The predicted octanol–water partition coefficient (Wildman–Crippen LogP) is 1.98. The molecule has 1 saturated heterocycles. The fraction of sp³-hybridized carbons (Fsp3) is 0.261. The molecule has 3 amide bonds. The minimum atomic E-state index is -0.594. The van der Waals surface area contributed by atoms with Crippen LogP contribution in [0, 0.1) is 0 Å². The van der Waals surface area contributed by atoms with Crippen LogP contribution in [0.2, 0.25) is 0 Å². The van der Waals surface area contributed by atoms with E-state index in [0.29, 0.717) is 18.5 Å². The molecule has 1 fully saturated rings. The summed E-state index contributed by atoms with van der Waals surface area (Å²) < 4.78 is 0. The van der Waals surface area contributed by atoms with Crippen LogP contribution >= 0.6 is 0 Å². The molecule has 2 unspecified atom stereocenters. The third-order valence-electron chi connectivity index (χ3n) is 5.98. The van der Waals surface area contributed by atoms with Crippen molar-refractivity contribution in [1.29, 1.82) is 0 Å². The number of hydrogen-bond donors (Lipinski definition) is 2.